The molecule has 0 bridgehead atoms. The summed E-state index contributed by atoms with van der Waals surface area (Å²) < 4.78 is 5.96. The summed E-state index contributed by atoms with van der Waals surface area (Å²) >= 11 is 0. The zero-order valence-corrected chi connectivity index (χ0v) is 12.2. The van der Waals surface area contributed by atoms with Crippen LogP contribution in [-0.2, 0) is 6.54 Å². The summed E-state index contributed by atoms with van der Waals surface area (Å²) in [6.07, 6.45) is 2.37. The van der Waals surface area contributed by atoms with Gasteiger partial charge in [0.25, 0.3) is 0 Å². The summed E-state index contributed by atoms with van der Waals surface area (Å²) in [6.45, 7) is 4.10. The van der Waals surface area contributed by atoms with Gasteiger partial charge in [0, 0.05) is 31.5 Å². The predicted molar refractivity (Wildman–Crippen MR) is 80.0 cm³/mol. The van der Waals surface area contributed by atoms with Crippen molar-refractivity contribution < 1.29 is 9.84 Å². The quantitative estimate of drug-likeness (QED) is 0.900. The standard InChI is InChI=1S/C16H21N3O2/c1-16(20)12-19(11-13-7-9-17-18-13)10-8-15(16)21-14-5-3-2-4-6-14/h2-7,9,15,20H,8,10-12H2,1H3,(H,17,18)/t15-,16-/m0/s1. The fourth-order valence-corrected chi connectivity index (χ4v) is 2.84. The Morgan fingerprint density at radius 3 is 2.86 bits per heavy atom. The number of aromatic amines is 1. The minimum absolute atomic E-state index is 0.182. The van der Waals surface area contributed by atoms with Crippen LogP contribution >= 0.6 is 0 Å². The van der Waals surface area contributed by atoms with E-state index in [0.717, 1.165) is 31.0 Å². The Hall–Kier alpha value is -1.85. The lowest BCUT2D eigenvalue weighted by atomic mass is 9.91. The fourth-order valence-electron chi connectivity index (χ4n) is 2.84. The number of β-amino-alcohol motifs (C(OH)–C–C–N with tert-alkyl or cyclic N) is 1. The summed E-state index contributed by atoms with van der Waals surface area (Å²) in [5, 5.41) is 17.6. The van der Waals surface area contributed by atoms with Gasteiger partial charge in [-0.2, -0.15) is 5.10 Å². The third kappa shape index (κ3) is 3.43. The number of hydrogen-bond donors (Lipinski definition) is 2. The normalized spacial score (nSPS) is 26.7. The molecule has 1 aromatic heterocycles. The Balaban J connectivity index is 1.62. The molecule has 2 heterocycles. The maximum atomic E-state index is 10.7. The van der Waals surface area contributed by atoms with Gasteiger partial charge in [0.15, 0.2) is 0 Å². The van der Waals surface area contributed by atoms with Crippen LogP contribution in [-0.4, -0.2) is 45.0 Å². The third-order valence-corrected chi connectivity index (χ3v) is 3.92. The van der Waals surface area contributed by atoms with Gasteiger partial charge in [0.2, 0.25) is 0 Å². The van der Waals surface area contributed by atoms with Gasteiger partial charge >= 0.3 is 0 Å². The fraction of sp³-hybridized carbons (Fsp3) is 0.438. The van der Waals surface area contributed by atoms with Crippen LogP contribution in [0.2, 0.25) is 0 Å². The van der Waals surface area contributed by atoms with Crippen molar-refractivity contribution in [3.8, 4) is 5.75 Å². The molecule has 0 unspecified atom stereocenters. The Kier molecular flexibility index (Phi) is 3.94. The average molecular weight is 287 g/mol. The maximum Gasteiger partial charge on any atom is 0.129 e. The van der Waals surface area contributed by atoms with E-state index in [9.17, 15) is 5.11 Å². The van der Waals surface area contributed by atoms with E-state index in [4.69, 9.17) is 4.74 Å². The predicted octanol–water partition coefficient (Wildman–Crippen LogP) is 1.81. The van der Waals surface area contributed by atoms with Crippen LogP contribution in [0.5, 0.6) is 5.75 Å². The third-order valence-electron chi connectivity index (χ3n) is 3.92. The van der Waals surface area contributed by atoms with E-state index in [2.05, 4.69) is 15.1 Å². The number of likely N-dealkylation sites (tertiary alicyclic amines) is 1. The Morgan fingerprint density at radius 2 is 2.19 bits per heavy atom. The molecule has 2 aromatic rings. The van der Waals surface area contributed by atoms with Crippen LogP contribution in [0, 0.1) is 0 Å². The number of piperidine rings is 1. The molecular formula is C16H21N3O2. The molecule has 2 N–H and O–H groups in total. The molecule has 21 heavy (non-hydrogen) atoms. The molecule has 0 amide bonds. The second kappa shape index (κ2) is 5.87. The monoisotopic (exact) mass is 287 g/mol. The summed E-state index contributed by atoms with van der Waals surface area (Å²) in [4.78, 5) is 2.22. The van der Waals surface area contributed by atoms with Crippen LogP contribution in [0.3, 0.4) is 0 Å². The molecule has 3 rings (SSSR count). The van der Waals surface area contributed by atoms with E-state index in [1.165, 1.54) is 0 Å². The van der Waals surface area contributed by atoms with E-state index in [0.29, 0.717) is 6.54 Å². The number of nitrogens with one attached hydrogen (secondary N) is 1. The van der Waals surface area contributed by atoms with Crippen LogP contribution < -0.4 is 4.74 Å². The molecule has 5 nitrogen and oxygen atoms in total. The molecule has 1 aromatic carbocycles. The summed E-state index contributed by atoms with van der Waals surface area (Å²) in [7, 11) is 0. The second-order valence-electron chi connectivity index (χ2n) is 5.86. The Morgan fingerprint density at radius 1 is 1.38 bits per heavy atom. The highest BCUT2D eigenvalue weighted by Gasteiger charge is 2.39. The molecule has 1 fully saturated rings. The lowest BCUT2D eigenvalue weighted by Crippen LogP contribution is -2.56. The molecule has 1 aliphatic rings. The second-order valence-corrected chi connectivity index (χ2v) is 5.86. The number of H-pyrrole nitrogens is 1. The molecule has 0 aliphatic carbocycles. The maximum absolute atomic E-state index is 10.7. The van der Waals surface area contributed by atoms with Gasteiger partial charge in [-0.15, -0.1) is 0 Å². The highest BCUT2D eigenvalue weighted by Crippen LogP contribution is 2.26. The lowest BCUT2D eigenvalue weighted by Gasteiger charge is -2.42. The van der Waals surface area contributed by atoms with Crippen LogP contribution in [0.1, 0.15) is 19.0 Å². The largest absolute Gasteiger partial charge is 0.487 e. The molecule has 0 spiro atoms. The highest BCUT2D eigenvalue weighted by atomic mass is 16.5. The molecule has 0 radical (unpaired) electrons. The summed E-state index contributed by atoms with van der Waals surface area (Å²) in [5.41, 5.74) is 0.196. The van der Waals surface area contributed by atoms with Gasteiger partial charge in [-0.1, -0.05) is 18.2 Å². The first kappa shape index (κ1) is 14.1. The van der Waals surface area contributed by atoms with Gasteiger partial charge in [-0.05, 0) is 31.5 Å². The van der Waals surface area contributed by atoms with Crippen molar-refractivity contribution in [3.63, 3.8) is 0 Å². The molecular weight excluding hydrogens is 266 g/mol. The number of benzene rings is 1. The summed E-state index contributed by atoms with van der Waals surface area (Å²) in [5.74, 6) is 0.810. The molecule has 1 saturated heterocycles. The zero-order valence-electron chi connectivity index (χ0n) is 12.2. The van der Waals surface area contributed by atoms with Crippen LogP contribution in [0.15, 0.2) is 42.6 Å². The van der Waals surface area contributed by atoms with Gasteiger partial charge in [0.1, 0.15) is 17.5 Å². The number of nitrogens with zero attached hydrogens (tertiary/aromatic N) is 2. The number of aliphatic hydroxyl groups is 1. The molecule has 1 aliphatic heterocycles. The molecule has 2 atom stereocenters. The highest BCUT2D eigenvalue weighted by molar-refractivity contribution is 5.22. The van der Waals surface area contributed by atoms with E-state index in [-0.39, 0.29) is 6.10 Å². The van der Waals surface area contributed by atoms with Crippen LogP contribution in [0.25, 0.3) is 0 Å². The van der Waals surface area contributed by atoms with Crippen molar-refractivity contribution in [1.29, 1.82) is 0 Å². The minimum atomic E-state index is -0.867. The van der Waals surface area contributed by atoms with Crippen molar-refractivity contribution in [2.24, 2.45) is 0 Å². The van der Waals surface area contributed by atoms with E-state index >= 15 is 0 Å². The summed E-state index contributed by atoms with van der Waals surface area (Å²) in [6, 6.07) is 11.6. The van der Waals surface area contributed by atoms with Crippen molar-refractivity contribution in [1.82, 2.24) is 15.1 Å². The van der Waals surface area contributed by atoms with E-state index < -0.39 is 5.60 Å². The van der Waals surface area contributed by atoms with Crippen molar-refractivity contribution in [2.75, 3.05) is 13.1 Å². The van der Waals surface area contributed by atoms with E-state index in [1.807, 2.05) is 43.3 Å². The molecule has 5 heteroatoms. The first-order valence-electron chi connectivity index (χ1n) is 7.28. The van der Waals surface area contributed by atoms with Gasteiger partial charge in [-0.25, -0.2) is 0 Å². The Bertz CT molecular complexity index is 554. The van der Waals surface area contributed by atoms with Crippen molar-refractivity contribution in [2.45, 2.75) is 31.6 Å². The number of para-hydroxylation sites is 1. The van der Waals surface area contributed by atoms with Gasteiger partial charge in [0.05, 0.1) is 0 Å². The number of hydrogen-bond acceptors (Lipinski definition) is 4. The number of aromatic nitrogens is 2. The first-order chi connectivity index (χ1) is 10.1. The lowest BCUT2D eigenvalue weighted by molar-refractivity contribution is -0.0994. The molecule has 0 saturated carbocycles. The average Bonchev–Trinajstić information content (AvgIpc) is 2.95. The number of ether oxygens (including phenoxy) is 1. The molecule has 112 valence electrons. The van der Waals surface area contributed by atoms with Gasteiger partial charge in [-0.3, -0.25) is 10.00 Å². The topological polar surface area (TPSA) is 61.4 Å². The minimum Gasteiger partial charge on any atom is -0.487 e. The van der Waals surface area contributed by atoms with E-state index in [1.54, 1.807) is 6.20 Å². The van der Waals surface area contributed by atoms with Crippen molar-refractivity contribution in [3.05, 3.63) is 48.3 Å². The zero-order chi connectivity index (χ0) is 14.7. The first-order valence-corrected chi connectivity index (χ1v) is 7.28. The van der Waals surface area contributed by atoms with Crippen LogP contribution in [0.4, 0.5) is 0 Å². The van der Waals surface area contributed by atoms with Gasteiger partial charge < -0.3 is 9.84 Å². The SMILES string of the molecule is C[C@]1(O)CN(Cc2ccn[nH]2)CC[C@@H]1Oc1ccccc1. The smallest absolute Gasteiger partial charge is 0.129 e. The Labute approximate surface area is 124 Å². The number of rotatable bonds is 4. The van der Waals surface area contributed by atoms with Crippen molar-refractivity contribution >= 4 is 0 Å².